The van der Waals surface area contributed by atoms with Crippen LogP contribution in [0.2, 0.25) is 5.02 Å². The summed E-state index contributed by atoms with van der Waals surface area (Å²) in [5, 5.41) is 6.06. The van der Waals surface area contributed by atoms with Gasteiger partial charge in [0.2, 0.25) is 0 Å². The van der Waals surface area contributed by atoms with Gasteiger partial charge in [0, 0.05) is 18.9 Å². The lowest BCUT2D eigenvalue weighted by Crippen LogP contribution is -2.13. The molecule has 4 nitrogen and oxygen atoms in total. The number of benzene rings is 1. The topological polar surface area (TPSA) is 54.0 Å². The standard InChI is InChI=1S/C15H16ClN3O/c1-9-4-10(2)6-11(5-9)19-15(20)12-7-14(17-3)18-8-13(12)16/h4-8H,1-3H3,(H,17,18)(H,19,20). The SMILES string of the molecule is CNc1cc(C(=O)Nc2cc(C)cc(C)c2)c(Cl)cn1. The number of hydrogen-bond donors (Lipinski definition) is 2. The van der Waals surface area contributed by atoms with E-state index in [4.69, 9.17) is 11.6 Å². The molecule has 0 fully saturated rings. The van der Waals surface area contributed by atoms with Crippen molar-refractivity contribution < 1.29 is 4.79 Å². The second-order valence-corrected chi connectivity index (χ2v) is 5.04. The molecule has 2 aromatic rings. The molecular formula is C15H16ClN3O. The Morgan fingerprint density at radius 1 is 1.15 bits per heavy atom. The molecule has 0 radical (unpaired) electrons. The van der Waals surface area contributed by atoms with Gasteiger partial charge in [0.15, 0.2) is 0 Å². The van der Waals surface area contributed by atoms with Gasteiger partial charge in [0.05, 0.1) is 10.6 Å². The molecule has 0 spiro atoms. The molecule has 2 N–H and O–H groups in total. The highest BCUT2D eigenvalue weighted by atomic mass is 35.5. The van der Waals surface area contributed by atoms with Crippen LogP contribution in [0.1, 0.15) is 21.5 Å². The van der Waals surface area contributed by atoms with E-state index in [1.54, 1.807) is 13.1 Å². The molecule has 104 valence electrons. The van der Waals surface area contributed by atoms with Gasteiger partial charge in [-0.1, -0.05) is 17.7 Å². The number of aromatic nitrogens is 1. The van der Waals surface area contributed by atoms with Gasteiger partial charge in [-0.15, -0.1) is 0 Å². The van der Waals surface area contributed by atoms with Gasteiger partial charge in [-0.2, -0.15) is 0 Å². The predicted octanol–water partition coefficient (Wildman–Crippen LogP) is 3.65. The van der Waals surface area contributed by atoms with Crippen LogP contribution in [0, 0.1) is 13.8 Å². The van der Waals surface area contributed by atoms with E-state index in [9.17, 15) is 4.79 Å². The van der Waals surface area contributed by atoms with Crippen molar-refractivity contribution in [2.45, 2.75) is 13.8 Å². The van der Waals surface area contributed by atoms with Crippen LogP contribution in [-0.2, 0) is 0 Å². The third kappa shape index (κ3) is 3.27. The van der Waals surface area contributed by atoms with Gasteiger partial charge in [0.25, 0.3) is 5.91 Å². The molecule has 1 amide bonds. The second-order valence-electron chi connectivity index (χ2n) is 4.63. The number of nitrogens with zero attached hydrogens (tertiary/aromatic N) is 1. The van der Waals surface area contributed by atoms with Crippen molar-refractivity contribution in [2.24, 2.45) is 0 Å². The van der Waals surface area contributed by atoms with Gasteiger partial charge in [-0.25, -0.2) is 4.98 Å². The molecule has 0 atom stereocenters. The smallest absolute Gasteiger partial charge is 0.257 e. The Kier molecular flexibility index (Phi) is 4.25. The number of amides is 1. The Morgan fingerprint density at radius 3 is 2.40 bits per heavy atom. The van der Waals surface area contributed by atoms with E-state index in [-0.39, 0.29) is 5.91 Å². The van der Waals surface area contributed by atoms with E-state index in [1.165, 1.54) is 6.20 Å². The Labute approximate surface area is 123 Å². The molecule has 5 heteroatoms. The van der Waals surface area contributed by atoms with Crippen LogP contribution in [0.4, 0.5) is 11.5 Å². The molecule has 0 aliphatic rings. The van der Waals surface area contributed by atoms with Gasteiger partial charge in [-0.3, -0.25) is 4.79 Å². The van der Waals surface area contributed by atoms with Crippen molar-refractivity contribution in [1.29, 1.82) is 0 Å². The van der Waals surface area contributed by atoms with Crippen LogP contribution < -0.4 is 10.6 Å². The van der Waals surface area contributed by atoms with Crippen molar-refractivity contribution >= 4 is 29.0 Å². The second kappa shape index (κ2) is 5.92. The third-order valence-corrected chi connectivity index (χ3v) is 3.14. The first-order valence-corrected chi connectivity index (χ1v) is 6.60. The average Bonchev–Trinajstić information content (AvgIpc) is 2.37. The molecule has 20 heavy (non-hydrogen) atoms. The van der Waals surface area contributed by atoms with Crippen LogP contribution in [0.15, 0.2) is 30.5 Å². The summed E-state index contributed by atoms with van der Waals surface area (Å²) in [6.45, 7) is 3.97. The summed E-state index contributed by atoms with van der Waals surface area (Å²) in [6.07, 6.45) is 1.46. The van der Waals surface area contributed by atoms with E-state index in [0.29, 0.717) is 16.4 Å². The number of halogens is 1. The highest BCUT2D eigenvalue weighted by Crippen LogP contribution is 2.20. The van der Waals surface area contributed by atoms with Crippen LogP contribution in [-0.4, -0.2) is 17.9 Å². The molecular weight excluding hydrogens is 274 g/mol. The maximum Gasteiger partial charge on any atom is 0.257 e. The maximum absolute atomic E-state index is 12.3. The number of carbonyl (C=O) groups excluding carboxylic acids is 1. The molecule has 0 unspecified atom stereocenters. The number of aryl methyl sites for hydroxylation is 2. The van der Waals surface area contributed by atoms with Crippen LogP contribution in [0.25, 0.3) is 0 Å². The number of hydrogen-bond acceptors (Lipinski definition) is 3. The van der Waals surface area contributed by atoms with Crippen molar-refractivity contribution in [2.75, 3.05) is 17.7 Å². The normalized spacial score (nSPS) is 10.2. The number of nitrogens with one attached hydrogen (secondary N) is 2. The molecule has 0 saturated carbocycles. The minimum atomic E-state index is -0.251. The lowest BCUT2D eigenvalue weighted by molar-refractivity contribution is 0.102. The summed E-state index contributed by atoms with van der Waals surface area (Å²) in [6, 6.07) is 7.51. The van der Waals surface area contributed by atoms with E-state index >= 15 is 0 Å². The summed E-state index contributed by atoms with van der Waals surface area (Å²) in [5.74, 6) is 0.346. The largest absolute Gasteiger partial charge is 0.373 e. The first-order valence-electron chi connectivity index (χ1n) is 6.22. The molecule has 2 rings (SSSR count). The zero-order chi connectivity index (χ0) is 14.7. The van der Waals surface area contributed by atoms with E-state index in [1.807, 2.05) is 32.0 Å². The monoisotopic (exact) mass is 289 g/mol. The Hall–Kier alpha value is -2.07. The van der Waals surface area contributed by atoms with Crippen LogP contribution >= 0.6 is 11.6 Å². The molecule has 0 saturated heterocycles. The Morgan fingerprint density at radius 2 is 1.80 bits per heavy atom. The maximum atomic E-state index is 12.3. The van der Waals surface area contributed by atoms with Crippen molar-refractivity contribution in [3.8, 4) is 0 Å². The molecule has 0 bridgehead atoms. The van der Waals surface area contributed by atoms with Gasteiger partial charge < -0.3 is 10.6 Å². The number of pyridine rings is 1. The van der Waals surface area contributed by atoms with Crippen LogP contribution in [0.5, 0.6) is 0 Å². The molecule has 0 aliphatic carbocycles. The lowest BCUT2D eigenvalue weighted by atomic mass is 10.1. The summed E-state index contributed by atoms with van der Waals surface area (Å²) in [7, 11) is 1.74. The summed E-state index contributed by atoms with van der Waals surface area (Å²) < 4.78 is 0. The fourth-order valence-electron chi connectivity index (χ4n) is 1.99. The van der Waals surface area contributed by atoms with Gasteiger partial charge in [-0.05, 0) is 43.2 Å². The quantitative estimate of drug-likeness (QED) is 0.907. The third-order valence-electron chi connectivity index (χ3n) is 2.84. The predicted molar refractivity (Wildman–Crippen MR) is 82.7 cm³/mol. The first-order chi connectivity index (χ1) is 9.49. The minimum absolute atomic E-state index is 0.251. The number of rotatable bonds is 3. The highest BCUT2D eigenvalue weighted by Gasteiger charge is 2.12. The van der Waals surface area contributed by atoms with Crippen LogP contribution in [0.3, 0.4) is 0 Å². The lowest BCUT2D eigenvalue weighted by Gasteiger charge is -2.09. The van der Waals surface area contributed by atoms with E-state index < -0.39 is 0 Å². The Bertz CT molecular complexity index is 635. The molecule has 1 heterocycles. The molecule has 1 aromatic heterocycles. The van der Waals surface area contributed by atoms with Gasteiger partial charge >= 0.3 is 0 Å². The zero-order valence-electron chi connectivity index (χ0n) is 11.6. The molecule has 0 aliphatic heterocycles. The summed E-state index contributed by atoms with van der Waals surface area (Å²) >= 11 is 6.03. The Balaban J connectivity index is 2.27. The molecule has 1 aromatic carbocycles. The fraction of sp³-hybridized carbons (Fsp3) is 0.200. The van der Waals surface area contributed by atoms with E-state index in [2.05, 4.69) is 15.6 Å². The van der Waals surface area contributed by atoms with Crippen molar-refractivity contribution in [3.05, 3.63) is 52.2 Å². The first kappa shape index (κ1) is 14.3. The average molecular weight is 290 g/mol. The summed E-state index contributed by atoms with van der Waals surface area (Å²) in [5.41, 5.74) is 3.34. The number of anilines is 2. The van der Waals surface area contributed by atoms with Crippen molar-refractivity contribution in [3.63, 3.8) is 0 Å². The highest BCUT2D eigenvalue weighted by molar-refractivity contribution is 6.34. The van der Waals surface area contributed by atoms with Crippen molar-refractivity contribution in [1.82, 2.24) is 4.98 Å². The summed E-state index contributed by atoms with van der Waals surface area (Å²) in [4.78, 5) is 16.3. The minimum Gasteiger partial charge on any atom is -0.373 e. The van der Waals surface area contributed by atoms with Gasteiger partial charge in [0.1, 0.15) is 5.82 Å². The van der Waals surface area contributed by atoms with E-state index in [0.717, 1.165) is 16.8 Å². The zero-order valence-corrected chi connectivity index (χ0v) is 12.4. The number of carbonyl (C=O) groups is 1. The fourth-order valence-corrected chi connectivity index (χ4v) is 2.18.